The van der Waals surface area contributed by atoms with Crippen molar-refractivity contribution in [3.8, 4) is 0 Å². The minimum Gasteiger partial charge on any atom is -0.374 e. The van der Waals surface area contributed by atoms with Gasteiger partial charge in [0.1, 0.15) is 0 Å². The van der Waals surface area contributed by atoms with Crippen molar-refractivity contribution in [3.63, 3.8) is 0 Å². The van der Waals surface area contributed by atoms with Crippen LogP contribution >= 0.6 is 12.4 Å². The zero-order valence-electron chi connectivity index (χ0n) is 15.8. The van der Waals surface area contributed by atoms with Gasteiger partial charge >= 0.3 is 0 Å². The van der Waals surface area contributed by atoms with Crippen LogP contribution in [0.2, 0.25) is 0 Å². The van der Waals surface area contributed by atoms with Crippen molar-refractivity contribution in [1.29, 1.82) is 0 Å². The van der Waals surface area contributed by atoms with Crippen LogP contribution in [0.3, 0.4) is 0 Å². The smallest absolute Gasteiger partial charge is 0.229 e. The fraction of sp³-hybridized carbons (Fsp3) is 0.409. The molecule has 0 heterocycles. The first kappa shape index (κ1) is 21.4. The van der Waals surface area contributed by atoms with Crippen LogP contribution in [0.4, 0.5) is 5.69 Å². The van der Waals surface area contributed by atoms with Crippen molar-refractivity contribution >= 4 is 24.0 Å². The van der Waals surface area contributed by atoms with Crippen molar-refractivity contribution in [3.05, 3.63) is 65.7 Å². The lowest BCUT2D eigenvalue weighted by atomic mass is 9.94. The van der Waals surface area contributed by atoms with E-state index in [1.54, 1.807) is 0 Å². The highest BCUT2D eigenvalue weighted by Crippen LogP contribution is 2.23. The molecule has 2 unspecified atom stereocenters. The van der Waals surface area contributed by atoms with Gasteiger partial charge in [0, 0.05) is 11.7 Å². The molecule has 0 saturated heterocycles. The lowest BCUT2D eigenvalue weighted by Gasteiger charge is -2.20. The molecule has 0 radical (unpaired) electrons. The van der Waals surface area contributed by atoms with Gasteiger partial charge in [-0.2, -0.15) is 0 Å². The fourth-order valence-corrected chi connectivity index (χ4v) is 3.34. The summed E-state index contributed by atoms with van der Waals surface area (Å²) < 4.78 is 5.92. The molecule has 1 amide bonds. The van der Waals surface area contributed by atoms with Gasteiger partial charge in [-0.3, -0.25) is 4.79 Å². The third-order valence-electron chi connectivity index (χ3n) is 5.15. The Kier molecular flexibility index (Phi) is 8.29. The molecule has 1 fully saturated rings. The summed E-state index contributed by atoms with van der Waals surface area (Å²) in [6.07, 6.45) is 5.31. The second-order valence-corrected chi connectivity index (χ2v) is 7.13. The Morgan fingerprint density at radius 3 is 2.37 bits per heavy atom. The summed E-state index contributed by atoms with van der Waals surface area (Å²) in [7, 11) is 0. The molecule has 4 nitrogen and oxygen atoms in total. The molecule has 2 atom stereocenters. The Labute approximate surface area is 167 Å². The van der Waals surface area contributed by atoms with Crippen LogP contribution in [-0.2, 0) is 16.1 Å². The molecule has 0 spiro atoms. The fourth-order valence-electron chi connectivity index (χ4n) is 3.34. The first-order chi connectivity index (χ1) is 12.6. The van der Waals surface area contributed by atoms with Gasteiger partial charge in [-0.05, 0) is 36.1 Å². The van der Waals surface area contributed by atoms with Crippen molar-refractivity contribution in [2.24, 2.45) is 11.7 Å². The quantitative estimate of drug-likeness (QED) is 0.713. The lowest BCUT2D eigenvalue weighted by molar-refractivity contribution is -0.120. The molecular formula is C22H29ClN2O2. The molecule has 0 bridgehead atoms. The predicted molar refractivity (Wildman–Crippen MR) is 112 cm³/mol. The van der Waals surface area contributed by atoms with Gasteiger partial charge in [-0.15, -0.1) is 12.4 Å². The maximum atomic E-state index is 12.5. The third-order valence-corrected chi connectivity index (χ3v) is 5.15. The Hall–Kier alpha value is -1.88. The van der Waals surface area contributed by atoms with Crippen LogP contribution in [-0.4, -0.2) is 12.0 Å². The highest BCUT2D eigenvalue weighted by molar-refractivity contribution is 5.92. The van der Waals surface area contributed by atoms with Gasteiger partial charge in [0.15, 0.2) is 0 Å². The zero-order valence-corrected chi connectivity index (χ0v) is 16.6. The molecule has 3 N–H and O–H groups in total. The van der Waals surface area contributed by atoms with E-state index in [1.807, 2.05) is 61.5 Å². The van der Waals surface area contributed by atoms with Crippen LogP contribution in [0.25, 0.3) is 0 Å². The largest absolute Gasteiger partial charge is 0.374 e. The topological polar surface area (TPSA) is 64.3 Å². The van der Waals surface area contributed by atoms with E-state index in [1.165, 1.54) is 25.7 Å². The normalized spacial score (nSPS) is 16.4. The molecule has 2 aromatic rings. The van der Waals surface area contributed by atoms with Gasteiger partial charge in [0.05, 0.1) is 18.6 Å². The Morgan fingerprint density at radius 1 is 1.11 bits per heavy atom. The molecule has 1 aliphatic carbocycles. The number of hydrogen-bond acceptors (Lipinski definition) is 3. The van der Waals surface area contributed by atoms with Crippen LogP contribution < -0.4 is 11.1 Å². The second-order valence-electron chi connectivity index (χ2n) is 7.13. The van der Waals surface area contributed by atoms with E-state index in [0.29, 0.717) is 12.7 Å². The van der Waals surface area contributed by atoms with E-state index in [4.69, 9.17) is 10.5 Å². The Bertz CT molecular complexity index is 700. The van der Waals surface area contributed by atoms with E-state index in [2.05, 4.69) is 5.32 Å². The number of benzene rings is 2. The summed E-state index contributed by atoms with van der Waals surface area (Å²) in [5.41, 5.74) is 9.12. The molecule has 3 rings (SSSR count). The Morgan fingerprint density at radius 2 is 1.74 bits per heavy atom. The Balaban J connectivity index is 0.00000261. The van der Waals surface area contributed by atoms with E-state index in [0.717, 1.165) is 16.8 Å². The van der Waals surface area contributed by atoms with Crippen LogP contribution in [0, 0.1) is 5.92 Å². The number of amides is 1. The zero-order chi connectivity index (χ0) is 18.4. The number of rotatable bonds is 7. The van der Waals surface area contributed by atoms with Gasteiger partial charge in [-0.25, -0.2) is 0 Å². The lowest BCUT2D eigenvalue weighted by Crippen LogP contribution is -2.30. The minimum absolute atomic E-state index is 0. The molecule has 0 aromatic heterocycles. The summed E-state index contributed by atoms with van der Waals surface area (Å²) in [5, 5.41) is 2.96. The summed E-state index contributed by atoms with van der Waals surface area (Å²) in [6.45, 7) is 2.49. The number of nitrogens with two attached hydrogens (primary N) is 1. The molecular weight excluding hydrogens is 360 g/mol. The van der Waals surface area contributed by atoms with Gasteiger partial charge in [0.2, 0.25) is 5.91 Å². The van der Waals surface area contributed by atoms with Gasteiger partial charge in [-0.1, -0.05) is 62.2 Å². The van der Waals surface area contributed by atoms with Crippen LogP contribution in [0.1, 0.15) is 49.8 Å². The number of anilines is 1. The van der Waals surface area contributed by atoms with Gasteiger partial charge < -0.3 is 15.8 Å². The van der Waals surface area contributed by atoms with Crippen molar-refractivity contribution in [2.75, 3.05) is 5.32 Å². The van der Waals surface area contributed by atoms with Crippen LogP contribution in [0.5, 0.6) is 0 Å². The predicted octanol–water partition coefficient (Wildman–Crippen LogP) is 4.84. The first-order valence-corrected chi connectivity index (χ1v) is 9.45. The highest BCUT2D eigenvalue weighted by atomic mass is 35.5. The van der Waals surface area contributed by atoms with Crippen LogP contribution in [0.15, 0.2) is 54.6 Å². The maximum Gasteiger partial charge on any atom is 0.229 e. The number of carbonyl (C=O) groups is 1. The van der Waals surface area contributed by atoms with E-state index >= 15 is 0 Å². The summed E-state index contributed by atoms with van der Waals surface area (Å²) in [4.78, 5) is 12.5. The SMILES string of the molecule is CC(C(=O)Nc1ccc(COC2CCCC2)cc1)C(N)c1ccccc1.Cl. The van der Waals surface area contributed by atoms with E-state index in [-0.39, 0.29) is 30.3 Å². The number of ether oxygens (including phenoxy) is 1. The third kappa shape index (κ3) is 6.06. The maximum absolute atomic E-state index is 12.5. The number of carbonyl (C=O) groups excluding carboxylic acids is 1. The molecule has 1 aliphatic rings. The molecule has 2 aromatic carbocycles. The number of nitrogens with one attached hydrogen (secondary N) is 1. The summed E-state index contributed by atoms with van der Waals surface area (Å²) in [6, 6.07) is 17.3. The summed E-state index contributed by atoms with van der Waals surface area (Å²) in [5.74, 6) is -0.390. The molecule has 146 valence electrons. The molecule has 1 saturated carbocycles. The number of halogens is 1. The van der Waals surface area contributed by atoms with Crippen molar-refractivity contribution in [1.82, 2.24) is 0 Å². The average molecular weight is 389 g/mol. The standard InChI is InChI=1S/C22H28N2O2.ClH/c1-16(21(23)18-7-3-2-4-8-18)22(25)24-19-13-11-17(12-14-19)15-26-20-9-5-6-10-20;/h2-4,7-8,11-14,16,20-21H,5-6,9-10,15,23H2,1H3,(H,24,25);1H. The molecule has 5 heteroatoms. The molecule has 27 heavy (non-hydrogen) atoms. The van der Waals surface area contributed by atoms with Crippen molar-refractivity contribution < 1.29 is 9.53 Å². The first-order valence-electron chi connectivity index (χ1n) is 9.45. The average Bonchev–Trinajstić information content (AvgIpc) is 3.20. The monoisotopic (exact) mass is 388 g/mol. The minimum atomic E-state index is -0.324. The molecule has 0 aliphatic heterocycles. The summed E-state index contributed by atoms with van der Waals surface area (Å²) >= 11 is 0. The highest BCUT2D eigenvalue weighted by Gasteiger charge is 2.22. The van der Waals surface area contributed by atoms with Gasteiger partial charge in [0.25, 0.3) is 0 Å². The van der Waals surface area contributed by atoms with E-state index in [9.17, 15) is 4.79 Å². The number of hydrogen-bond donors (Lipinski definition) is 2. The van der Waals surface area contributed by atoms with Crippen molar-refractivity contribution in [2.45, 2.75) is 51.4 Å². The second kappa shape index (κ2) is 10.5. The van der Waals surface area contributed by atoms with E-state index < -0.39 is 0 Å².